The molecule has 1 N–H and O–H groups in total. The molecular formula is C21H19N3O2S2. The van der Waals surface area contributed by atoms with E-state index in [4.69, 9.17) is 4.74 Å². The molecule has 3 aromatic rings. The lowest BCUT2D eigenvalue weighted by Gasteiger charge is -2.32. The van der Waals surface area contributed by atoms with E-state index in [0.29, 0.717) is 13.0 Å². The molecule has 0 amide bonds. The Balaban J connectivity index is 1.41. The van der Waals surface area contributed by atoms with Crippen LogP contribution >= 0.6 is 23.3 Å². The van der Waals surface area contributed by atoms with Crippen LogP contribution in [0.25, 0.3) is 0 Å². The van der Waals surface area contributed by atoms with Gasteiger partial charge in [-0.3, -0.25) is 4.79 Å². The monoisotopic (exact) mass is 409 g/mol. The molecule has 0 fully saturated rings. The van der Waals surface area contributed by atoms with Crippen LogP contribution in [0.5, 0.6) is 5.75 Å². The average Bonchev–Trinajstić information content (AvgIpc) is 3.25. The Labute approximate surface area is 171 Å². The summed E-state index contributed by atoms with van der Waals surface area (Å²) in [7, 11) is 0. The van der Waals surface area contributed by atoms with E-state index in [1.165, 1.54) is 17.5 Å². The topological polar surface area (TPSA) is 54.5 Å². The SMILES string of the molecule is O=C1CCCc2ccc(N3CCOc4cc(SNc5nccs5)ccc43)cc21. The zero-order chi connectivity index (χ0) is 18.9. The molecule has 2 heterocycles. The number of ketones is 1. The van der Waals surface area contributed by atoms with Crippen molar-refractivity contribution in [2.75, 3.05) is 22.8 Å². The summed E-state index contributed by atoms with van der Waals surface area (Å²) in [5.74, 6) is 1.12. The quantitative estimate of drug-likeness (QED) is 0.589. The van der Waals surface area contributed by atoms with Gasteiger partial charge in [0.15, 0.2) is 10.9 Å². The van der Waals surface area contributed by atoms with E-state index < -0.39 is 0 Å². The van der Waals surface area contributed by atoms with Crippen LogP contribution in [0.15, 0.2) is 52.9 Å². The van der Waals surface area contributed by atoms with Crippen LogP contribution in [0, 0.1) is 0 Å². The van der Waals surface area contributed by atoms with Crippen molar-refractivity contribution in [1.82, 2.24) is 4.98 Å². The molecule has 2 aliphatic rings. The second kappa shape index (κ2) is 7.48. The van der Waals surface area contributed by atoms with Gasteiger partial charge >= 0.3 is 0 Å². The number of hydrogen-bond acceptors (Lipinski definition) is 7. The Morgan fingerprint density at radius 3 is 3.04 bits per heavy atom. The zero-order valence-corrected chi connectivity index (χ0v) is 16.8. The van der Waals surface area contributed by atoms with Gasteiger partial charge in [-0.2, -0.15) is 0 Å². The second-order valence-electron chi connectivity index (χ2n) is 6.79. The molecule has 0 spiro atoms. The number of carbonyl (C=O) groups is 1. The third-order valence-electron chi connectivity index (χ3n) is 5.04. The number of anilines is 3. The predicted octanol–water partition coefficient (Wildman–Crippen LogP) is 5.31. The summed E-state index contributed by atoms with van der Waals surface area (Å²) in [6.45, 7) is 1.38. The molecule has 0 atom stereocenters. The highest BCUT2D eigenvalue weighted by Gasteiger charge is 2.23. The third kappa shape index (κ3) is 3.36. The highest BCUT2D eigenvalue weighted by atomic mass is 32.2. The maximum absolute atomic E-state index is 12.3. The van der Waals surface area contributed by atoms with Gasteiger partial charge in [0.05, 0.1) is 12.2 Å². The largest absolute Gasteiger partial charge is 0.489 e. The lowest BCUT2D eigenvalue weighted by molar-refractivity contribution is 0.0972. The molecule has 28 heavy (non-hydrogen) atoms. The number of aromatic nitrogens is 1. The molecular weight excluding hydrogens is 390 g/mol. The highest BCUT2D eigenvalue weighted by Crippen LogP contribution is 2.40. The molecule has 2 aromatic carbocycles. The standard InChI is InChI=1S/C21H19N3O2S2/c25-19-3-1-2-14-4-5-15(12-17(14)19)24-9-10-26-20-13-16(6-7-18(20)24)28-23-21-22-8-11-27-21/h4-8,11-13H,1-3,9-10H2,(H,22,23). The molecule has 0 saturated carbocycles. The summed E-state index contributed by atoms with van der Waals surface area (Å²) in [5, 5.41) is 2.82. The van der Waals surface area contributed by atoms with Gasteiger partial charge in [-0.05, 0) is 60.7 Å². The smallest absolute Gasteiger partial charge is 0.192 e. The minimum absolute atomic E-state index is 0.261. The van der Waals surface area contributed by atoms with Crippen molar-refractivity contribution in [1.29, 1.82) is 0 Å². The second-order valence-corrected chi connectivity index (χ2v) is 8.56. The van der Waals surface area contributed by atoms with Gasteiger partial charge in [0, 0.05) is 34.1 Å². The average molecular weight is 410 g/mol. The Kier molecular flexibility index (Phi) is 4.70. The lowest BCUT2D eigenvalue weighted by Crippen LogP contribution is -2.29. The first-order valence-electron chi connectivity index (χ1n) is 9.31. The minimum Gasteiger partial charge on any atom is -0.489 e. The first-order chi connectivity index (χ1) is 13.8. The predicted molar refractivity (Wildman–Crippen MR) is 114 cm³/mol. The number of rotatable bonds is 4. The third-order valence-corrected chi connectivity index (χ3v) is 6.64. The Morgan fingerprint density at radius 1 is 1.18 bits per heavy atom. The van der Waals surface area contributed by atoms with Crippen LogP contribution in [0.4, 0.5) is 16.5 Å². The van der Waals surface area contributed by atoms with Crippen LogP contribution < -0.4 is 14.4 Å². The molecule has 0 unspecified atom stereocenters. The van der Waals surface area contributed by atoms with Gasteiger partial charge in [0.1, 0.15) is 12.4 Å². The number of fused-ring (bicyclic) bond motifs is 2. The molecule has 0 bridgehead atoms. The van der Waals surface area contributed by atoms with Crippen LogP contribution in [-0.2, 0) is 6.42 Å². The summed E-state index contributed by atoms with van der Waals surface area (Å²) in [5.41, 5.74) is 4.15. The highest BCUT2D eigenvalue weighted by molar-refractivity contribution is 8.00. The van der Waals surface area contributed by atoms with Gasteiger partial charge in [0.2, 0.25) is 0 Å². The molecule has 7 heteroatoms. The van der Waals surface area contributed by atoms with Gasteiger partial charge in [-0.15, -0.1) is 11.3 Å². The van der Waals surface area contributed by atoms with Gasteiger partial charge in [-0.1, -0.05) is 6.07 Å². The molecule has 5 rings (SSSR count). The van der Waals surface area contributed by atoms with Gasteiger partial charge in [-0.25, -0.2) is 4.98 Å². The Bertz CT molecular complexity index is 1020. The summed E-state index contributed by atoms with van der Waals surface area (Å²) >= 11 is 3.09. The molecule has 142 valence electrons. The summed E-state index contributed by atoms with van der Waals surface area (Å²) in [4.78, 5) is 19.9. The number of thiazole rings is 1. The van der Waals surface area contributed by atoms with E-state index >= 15 is 0 Å². The zero-order valence-electron chi connectivity index (χ0n) is 15.2. The molecule has 1 aliphatic heterocycles. The molecule has 1 aliphatic carbocycles. The number of nitrogens with one attached hydrogen (secondary N) is 1. The minimum atomic E-state index is 0.261. The first kappa shape index (κ1) is 17.6. The number of ether oxygens (including phenoxy) is 1. The van der Waals surface area contributed by atoms with Gasteiger partial charge < -0.3 is 14.4 Å². The Hall–Kier alpha value is -2.51. The number of nitrogens with zero attached hydrogens (tertiary/aromatic N) is 2. The van der Waals surface area contributed by atoms with Crippen molar-refractivity contribution >= 4 is 45.6 Å². The van der Waals surface area contributed by atoms with Crippen molar-refractivity contribution < 1.29 is 9.53 Å². The first-order valence-corrected chi connectivity index (χ1v) is 11.0. The summed E-state index contributed by atoms with van der Waals surface area (Å²) in [6, 6.07) is 12.5. The van der Waals surface area contributed by atoms with Crippen molar-refractivity contribution in [2.24, 2.45) is 0 Å². The van der Waals surface area contributed by atoms with E-state index in [-0.39, 0.29) is 5.78 Å². The van der Waals surface area contributed by atoms with E-state index in [2.05, 4.69) is 51.0 Å². The van der Waals surface area contributed by atoms with Crippen molar-refractivity contribution in [2.45, 2.75) is 24.2 Å². The van der Waals surface area contributed by atoms with Crippen LogP contribution in [0.3, 0.4) is 0 Å². The number of benzene rings is 2. The number of carbonyl (C=O) groups excluding carboxylic acids is 1. The molecule has 0 radical (unpaired) electrons. The number of aryl methyl sites for hydroxylation is 1. The van der Waals surface area contributed by atoms with Crippen LogP contribution in [0.2, 0.25) is 0 Å². The molecule has 5 nitrogen and oxygen atoms in total. The maximum Gasteiger partial charge on any atom is 0.192 e. The molecule has 0 saturated heterocycles. The van der Waals surface area contributed by atoms with Crippen molar-refractivity contribution in [3.05, 3.63) is 59.1 Å². The fourth-order valence-corrected chi connectivity index (χ4v) is 4.94. The van der Waals surface area contributed by atoms with Crippen molar-refractivity contribution in [3.8, 4) is 5.75 Å². The molecule has 1 aromatic heterocycles. The van der Waals surface area contributed by atoms with E-state index in [1.54, 1.807) is 17.5 Å². The van der Waals surface area contributed by atoms with E-state index in [9.17, 15) is 4.79 Å². The Morgan fingerprint density at radius 2 is 2.14 bits per heavy atom. The van der Waals surface area contributed by atoms with Crippen LogP contribution in [0.1, 0.15) is 28.8 Å². The maximum atomic E-state index is 12.3. The van der Waals surface area contributed by atoms with Crippen LogP contribution in [-0.4, -0.2) is 23.9 Å². The summed E-state index contributed by atoms with van der Waals surface area (Å²) < 4.78 is 9.17. The fourth-order valence-electron chi connectivity index (χ4n) is 3.69. The van der Waals surface area contributed by atoms with E-state index in [0.717, 1.165) is 52.1 Å². The van der Waals surface area contributed by atoms with Crippen molar-refractivity contribution in [3.63, 3.8) is 0 Å². The van der Waals surface area contributed by atoms with Gasteiger partial charge in [0.25, 0.3) is 0 Å². The summed E-state index contributed by atoms with van der Waals surface area (Å²) in [6.07, 6.45) is 4.39. The lowest BCUT2D eigenvalue weighted by atomic mass is 9.90. The van der Waals surface area contributed by atoms with E-state index in [1.807, 2.05) is 5.38 Å². The number of hydrogen-bond donors (Lipinski definition) is 1. The normalized spacial score (nSPS) is 15.6. The fraction of sp³-hybridized carbons (Fsp3) is 0.238. The number of Topliss-reactive ketones (excluding diaryl/α,β-unsaturated/α-hetero) is 1.